The number of rotatable bonds is 4. The van der Waals surface area contributed by atoms with Crippen molar-refractivity contribution in [3.63, 3.8) is 0 Å². The van der Waals surface area contributed by atoms with Gasteiger partial charge >= 0.3 is 6.16 Å². The lowest BCUT2D eigenvalue weighted by atomic mass is 10.2. The fourth-order valence-electron chi connectivity index (χ4n) is 1.80. The molecule has 2 rings (SSSR count). The van der Waals surface area contributed by atoms with Gasteiger partial charge in [-0.3, -0.25) is 0 Å². The summed E-state index contributed by atoms with van der Waals surface area (Å²) in [5, 5.41) is 8.77. The van der Waals surface area contributed by atoms with Crippen molar-refractivity contribution in [2.24, 2.45) is 0 Å². The Kier molecular flexibility index (Phi) is 4.70. The van der Waals surface area contributed by atoms with Gasteiger partial charge in [0.15, 0.2) is 23.2 Å². The quantitative estimate of drug-likeness (QED) is 0.813. The van der Waals surface area contributed by atoms with Gasteiger partial charge in [0.05, 0.1) is 24.8 Å². The van der Waals surface area contributed by atoms with Gasteiger partial charge in [0.2, 0.25) is 5.75 Å². The highest BCUT2D eigenvalue weighted by atomic mass is 35.5. The maximum absolute atomic E-state index is 14.4. The van der Waals surface area contributed by atoms with Crippen LogP contribution in [-0.4, -0.2) is 35.4 Å². The van der Waals surface area contributed by atoms with Crippen LogP contribution in [0.4, 0.5) is 15.0 Å². The molecule has 8 nitrogen and oxygen atoms in total. The third-order valence-electron chi connectivity index (χ3n) is 2.74. The molecule has 0 unspecified atom stereocenters. The van der Waals surface area contributed by atoms with E-state index < -0.39 is 17.9 Å². The topological polar surface area (TPSA) is 117 Å². The Morgan fingerprint density at radius 1 is 1.26 bits per heavy atom. The molecule has 0 aliphatic heterocycles. The number of anilines is 1. The van der Waals surface area contributed by atoms with Gasteiger partial charge < -0.3 is 25.1 Å². The molecule has 3 N–H and O–H groups in total. The fourth-order valence-corrected chi connectivity index (χ4v) is 2.03. The lowest BCUT2D eigenvalue weighted by Crippen LogP contribution is -2.10. The van der Waals surface area contributed by atoms with E-state index >= 15 is 0 Å². The van der Waals surface area contributed by atoms with Crippen molar-refractivity contribution in [3.05, 3.63) is 23.0 Å². The van der Waals surface area contributed by atoms with Crippen LogP contribution in [0, 0.1) is 5.82 Å². The van der Waals surface area contributed by atoms with Crippen LogP contribution >= 0.6 is 11.6 Å². The molecule has 0 saturated heterocycles. The normalized spacial score (nSPS) is 10.3. The van der Waals surface area contributed by atoms with Crippen LogP contribution in [0.5, 0.6) is 17.4 Å². The number of ether oxygens (including phenoxy) is 3. The second-order valence-corrected chi connectivity index (χ2v) is 4.49. The number of aromatic nitrogens is 2. The number of nitrogen functional groups attached to an aromatic ring is 1. The van der Waals surface area contributed by atoms with Crippen LogP contribution in [0.1, 0.15) is 0 Å². The molecule has 1 aromatic carbocycles. The Bertz CT molecular complexity index is 772. The third kappa shape index (κ3) is 3.19. The Morgan fingerprint density at radius 3 is 2.48 bits per heavy atom. The average molecular weight is 344 g/mol. The largest absolute Gasteiger partial charge is 0.512 e. The molecule has 0 atom stereocenters. The van der Waals surface area contributed by atoms with Crippen molar-refractivity contribution in [3.8, 4) is 28.8 Å². The molecule has 1 aromatic heterocycles. The molecule has 10 heteroatoms. The number of methoxy groups -OCH3 is 2. The Balaban J connectivity index is 2.65. The number of benzene rings is 1. The summed E-state index contributed by atoms with van der Waals surface area (Å²) in [7, 11) is 2.48. The molecule has 0 amide bonds. The van der Waals surface area contributed by atoms with E-state index in [-0.39, 0.29) is 33.7 Å². The molecule has 0 aliphatic carbocycles. The number of nitrogens with zero attached hydrogens (tertiary/aromatic N) is 2. The molecule has 23 heavy (non-hydrogen) atoms. The predicted molar refractivity (Wildman–Crippen MR) is 78.6 cm³/mol. The van der Waals surface area contributed by atoms with Crippen molar-refractivity contribution < 1.29 is 28.5 Å². The SMILES string of the molecule is COc1c(N)nc(-c2ccc(Cl)c(OC)c2F)nc1OC(=O)O. The number of hydrogen-bond acceptors (Lipinski definition) is 7. The molecule has 0 fully saturated rings. The first-order valence-electron chi connectivity index (χ1n) is 6.03. The molecular formula is C13H11ClFN3O5. The second-order valence-electron chi connectivity index (χ2n) is 4.08. The molecule has 0 radical (unpaired) electrons. The minimum atomic E-state index is -1.64. The van der Waals surface area contributed by atoms with Gasteiger partial charge in [-0.25, -0.2) is 14.2 Å². The van der Waals surface area contributed by atoms with Crippen LogP contribution in [0.2, 0.25) is 5.02 Å². The van der Waals surface area contributed by atoms with Crippen molar-refractivity contribution in [1.82, 2.24) is 9.97 Å². The van der Waals surface area contributed by atoms with Crippen LogP contribution < -0.4 is 19.9 Å². The molecular weight excluding hydrogens is 333 g/mol. The van der Waals surface area contributed by atoms with Crippen molar-refractivity contribution in [2.45, 2.75) is 0 Å². The van der Waals surface area contributed by atoms with Gasteiger partial charge in [-0.2, -0.15) is 4.98 Å². The lowest BCUT2D eigenvalue weighted by molar-refractivity contribution is 0.140. The van der Waals surface area contributed by atoms with Gasteiger partial charge in [0, 0.05) is 0 Å². The average Bonchev–Trinajstić information content (AvgIpc) is 2.47. The number of hydrogen-bond donors (Lipinski definition) is 2. The zero-order chi connectivity index (χ0) is 17.1. The second kappa shape index (κ2) is 6.53. The van der Waals surface area contributed by atoms with E-state index in [0.29, 0.717) is 0 Å². The van der Waals surface area contributed by atoms with E-state index in [2.05, 4.69) is 14.7 Å². The maximum Gasteiger partial charge on any atom is 0.512 e. The maximum atomic E-state index is 14.4. The fraction of sp³-hybridized carbons (Fsp3) is 0.154. The number of carbonyl (C=O) groups is 1. The monoisotopic (exact) mass is 343 g/mol. The van der Waals surface area contributed by atoms with Crippen LogP contribution in [0.15, 0.2) is 12.1 Å². The molecule has 0 spiro atoms. The number of nitrogens with two attached hydrogens (primary N) is 1. The molecule has 0 saturated carbocycles. The minimum Gasteiger partial charge on any atom is -0.492 e. The van der Waals surface area contributed by atoms with Gasteiger partial charge in [-0.05, 0) is 12.1 Å². The van der Waals surface area contributed by atoms with Gasteiger partial charge in [-0.1, -0.05) is 11.6 Å². The summed E-state index contributed by atoms with van der Waals surface area (Å²) in [6.45, 7) is 0. The third-order valence-corrected chi connectivity index (χ3v) is 3.04. The zero-order valence-electron chi connectivity index (χ0n) is 12.0. The Labute approximate surface area is 134 Å². The molecule has 0 bridgehead atoms. The molecule has 1 heterocycles. The highest BCUT2D eigenvalue weighted by molar-refractivity contribution is 6.32. The van der Waals surface area contributed by atoms with E-state index in [1.807, 2.05) is 0 Å². The summed E-state index contributed by atoms with van der Waals surface area (Å²) >= 11 is 5.82. The first-order chi connectivity index (χ1) is 10.9. The summed E-state index contributed by atoms with van der Waals surface area (Å²) in [5.74, 6) is -2.11. The Morgan fingerprint density at radius 2 is 1.91 bits per heavy atom. The van der Waals surface area contributed by atoms with E-state index in [1.165, 1.54) is 26.4 Å². The minimum absolute atomic E-state index is 0.0530. The van der Waals surface area contributed by atoms with E-state index in [0.717, 1.165) is 0 Å². The number of halogens is 2. The summed E-state index contributed by atoms with van der Waals surface area (Å²) < 4.78 is 28.6. The van der Waals surface area contributed by atoms with E-state index in [1.54, 1.807) is 0 Å². The highest BCUT2D eigenvalue weighted by Gasteiger charge is 2.22. The van der Waals surface area contributed by atoms with Crippen molar-refractivity contribution in [2.75, 3.05) is 20.0 Å². The van der Waals surface area contributed by atoms with Gasteiger partial charge in [-0.15, -0.1) is 0 Å². The molecule has 2 aromatic rings. The van der Waals surface area contributed by atoms with Crippen molar-refractivity contribution >= 4 is 23.6 Å². The molecule has 122 valence electrons. The van der Waals surface area contributed by atoms with Gasteiger partial charge in [0.1, 0.15) is 0 Å². The smallest absolute Gasteiger partial charge is 0.492 e. The van der Waals surface area contributed by atoms with Crippen LogP contribution in [0.25, 0.3) is 11.4 Å². The zero-order valence-corrected chi connectivity index (χ0v) is 12.7. The summed E-state index contributed by atoms with van der Waals surface area (Å²) in [4.78, 5) is 18.4. The lowest BCUT2D eigenvalue weighted by Gasteiger charge is -2.12. The highest BCUT2D eigenvalue weighted by Crippen LogP contribution is 2.37. The summed E-state index contributed by atoms with van der Waals surface area (Å²) in [5.41, 5.74) is 5.57. The molecule has 0 aliphatic rings. The predicted octanol–water partition coefficient (Wildman–Crippen LogP) is 2.59. The van der Waals surface area contributed by atoms with Crippen LogP contribution in [0.3, 0.4) is 0 Å². The van der Waals surface area contributed by atoms with Gasteiger partial charge in [0.25, 0.3) is 5.88 Å². The first-order valence-corrected chi connectivity index (χ1v) is 6.41. The summed E-state index contributed by atoms with van der Waals surface area (Å²) in [6.07, 6.45) is -1.64. The van der Waals surface area contributed by atoms with Crippen LogP contribution in [-0.2, 0) is 0 Å². The Hall–Kier alpha value is -2.81. The van der Waals surface area contributed by atoms with E-state index in [4.69, 9.17) is 31.9 Å². The first kappa shape index (κ1) is 16.6. The van der Waals surface area contributed by atoms with E-state index in [9.17, 15) is 9.18 Å². The number of carboxylic acid groups (broad SMARTS) is 1. The van der Waals surface area contributed by atoms with Crippen molar-refractivity contribution in [1.29, 1.82) is 0 Å². The summed E-state index contributed by atoms with van der Waals surface area (Å²) in [6, 6.07) is 2.67. The standard InChI is InChI=1S/C13H11ClFN3O5/c1-21-8-6(14)4-3-5(7(8)15)11-17-10(16)9(22-2)12(18-11)23-13(19)20/h3-4H,1-2H3,(H,19,20)(H2,16,17,18).